The van der Waals surface area contributed by atoms with Crippen molar-refractivity contribution < 1.29 is 14.4 Å². The fourth-order valence-corrected chi connectivity index (χ4v) is 3.40. The van der Waals surface area contributed by atoms with E-state index in [0.29, 0.717) is 12.8 Å². The maximum Gasteiger partial charge on any atom is 0.268 e. The van der Waals surface area contributed by atoms with Crippen LogP contribution < -0.4 is 0 Å². The first kappa shape index (κ1) is 21.8. The summed E-state index contributed by atoms with van der Waals surface area (Å²) in [6.07, 6.45) is 10.0. The Kier molecular flexibility index (Phi) is 8.24. The van der Waals surface area contributed by atoms with Gasteiger partial charge in [-0.2, -0.15) is 0 Å². The summed E-state index contributed by atoms with van der Waals surface area (Å²) in [7, 11) is 0. The Bertz CT molecular complexity index is 572. The summed E-state index contributed by atoms with van der Waals surface area (Å²) < 4.78 is 11.1. The van der Waals surface area contributed by atoms with E-state index in [1.807, 2.05) is 0 Å². The average molecular weight is 378 g/mol. The molecule has 0 amide bonds. The first-order chi connectivity index (χ1) is 12.9. The molecule has 1 heterocycles. The zero-order valence-corrected chi connectivity index (χ0v) is 17.2. The molecule has 5 nitrogen and oxygen atoms in total. The van der Waals surface area contributed by atoms with Crippen molar-refractivity contribution in [1.82, 2.24) is 0 Å². The second-order valence-corrected chi connectivity index (χ2v) is 8.29. The number of hydrogen-bond acceptors (Lipinski definition) is 4. The van der Waals surface area contributed by atoms with Crippen molar-refractivity contribution in [3.05, 3.63) is 45.5 Å². The minimum absolute atomic E-state index is 0.100. The van der Waals surface area contributed by atoms with Gasteiger partial charge in [0, 0.05) is 11.3 Å². The van der Waals surface area contributed by atoms with Crippen molar-refractivity contribution in [3.8, 4) is 0 Å². The third-order valence-electron chi connectivity index (χ3n) is 5.49. The van der Waals surface area contributed by atoms with Crippen molar-refractivity contribution in [2.24, 2.45) is 0 Å². The van der Waals surface area contributed by atoms with Gasteiger partial charge in [-0.1, -0.05) is 63.3 Å². The fraction of sp³-hybridized carbons (Fsp3) is 0.727. The minimum atomic E-state index is -1.15. The van der Waals surface area contributed by atoms with Crippen molar-refractivity contribution in [1.29, 1.82) is 0 Å². The molecule has 1 aromatic rings. The van der Waals surface area contributed by atoms with Gasteiger partial charge < -0.3 is 9.47 Å². The van der Waals surface area contributed by atoms with Gasteiger partial charge in [-0.3, -0.25) is 10.1 Å². The molecule has 152 valence electrons. The first-order valence-corrected chi connectivity index (χ1v) is 10.4. The third-order valence-corrected chi connectivity index (χ3v) is 5.49. The zero-order chi connectivity index (χ0) is 19.8. The molecule has 0 aromatic heterocycles. The van der Waals surface area contributed by atoms with Gasteiger partial charge >= 0.3 is 0 Å². The van der Waals surface area contributed by atoms with E-state index in [4.69, 9.17) is 9.47 Å². The molecule has 2 rings (SSSR count). The van der Waals surface area contributed by atoms with Crippen LogP contribution in [-0.2, 0) is 22.3 Å². The van der Waals surface area contributed by atoms with E-state index in [-0.39, 0.29) is 18.1 Å². The van der Waals surface area contributed by atoms with Gasteiger partial charge in [-0.05, 0) is 44.2 Å². The molecular weight excluding hydrogens is 342 g/mol. The SMILES string of the molecule is CCCCCCCCc1ccc(CCC2([N+](=O)[O-])COC(C)(C)OC2)cc1. The number of nitrogens with zero attached hydrogens (tertiary/aromatic N) is 1. The van der Waals surface area contributed by atoms with E-state index < -0.39 is 11.3 Å². The molecule has 1 aliphatic rings. The van der Waals surface area contributed by atoms with Crippen LogP contribution in [0.2, 0.25) is 0 Å². The van der Waals surface area contributed by atoms with Crippen molar-refractivity contribution in [3.63, 3.8) is 0 Å². The lowest BCUT2D eigenvalue weighted by molar-refractivity contribution is -0.596. The lowest BCUT2D eigenvalue weighted by Crippen LogP contribution is -2.56. The van der Waals surface area contributed by atoms with Crippen LogP contribution in [0.3, 0.4) is 0 Å². The molecule has 27 heavy (non-hydrogen) atoms. The maximum atomic E-state index is 11.6. The molecule has 1 aromatic carbocycles. The second kappa shape index (κ2) is 10.2. The van der Waals surface area contributed by atoms with Crippen LogP contribution >= 0.6 is 0 Å². The smallest absolute Gasteiger partial charge is 0.268 e. The molecule has 1 fully saturated rings. The highest BCUT2D eigenvalue weighted by Gasteiger charge is 2.49. The van der Waals surface area contributed by atoms with Gasteiger partial charge in [0.05, 0.1) is 0 Å². The molecule has 1 saturated heterocycles. The van der Waals surface area contributed by atoms with Crippen LogP contribution in [0.1, 0.15) is 76.8 Å². The van der Waals surface area contributed by atoms with Gasteiger partial charge in [-0.25, -0.2) is 0 Å². The highest BCUT2D eigenvalue weighted by Crippen LogP contribution is 2.29. The number of rotatable bonds is 11. The molecule has 0 bridgehead atoms. The number of aryl methyl sites for hydroxylation is 2. The second-order valence-electron chi connectivity index (χ2n) is 8.29. The summed E-state index contributed by atoms with van der Waals surface area (Å²) in [5.41, 5.74) is 1.34. The lowest BCUT2D eigenvalue weighted by atomic mass is 9.92. The van der Waals surface area contributed by atoms with Crippen LogP contribution in [0.4, 0.5) is 0 Å². The standard InChI is InChI=1S/C22H35NO4/c1-4-5-6-7-8-9-10-19-11-13-20(14-12-19)15-16-22(23(24)25)17-26-21(2,3)27-18-22/h11-14H,4-10,15-18H2,1-3H3. The Morgan fingerprint density at radius 1 is 0.926 bits per heavy atom. The molecule has 0 unspecified atom stereocenters. The summed E-state index contributed by atoms with van der Waals surface area (Å²) in [4.78, 5) is 11.4. The van der Waals surface area contributed by atoms with E-state index in [9.17, 15) is 10.1 Å². The topological polar surface area (TPSA) is 61.6 Å². The number of unbranched alkanes of at least 4 members (excludes halogenated alkanes) is 5. The average Bonchev–Trinajstić information content (AvgIpc) is 2.65. The summed E-state index contributed by atoms with van der Waals surface area (Å²) in [5.74, 6) is -0.738. The molecule has 0 N–H and O–H groups in total. The fourth-order valence-electron chi connectivity index (χ4n) is 3.40. The minimum Gasteiger partial charge on any atom is -0.343 e. The first-order valence-electron chi connectivity index (χ1n) is 10.4. The van der Waals surface area contributed by atoms with Crippen molar-refractivity contribution >= 4 is 0 Å². The quantitative estimate of drug-likeness (QED) is 0.297. The van der Waals surface area contributed by atoms with E-state index in [0.717, 1.165) is 12.0 Å². The third kappa shape index (κ3) is 6.89. The molecular formula is C22H35NO4. The Hall–Kier alpha value is -1.46. The highest BCUT2D eigenvalue weighted by atomic mass is 16.7. The van der Waals surface area contributed by atoms with Gasteiger partial charge in [0.1, 0.15) is 13.2 Å². The molecule has 0 spiro atoms. The molecule has 0 radical (unpaired) electrons. The normalized spacial score (nSPS) is 18.3. The summed E-state index contributed by atoms with van der Waals surface area (Å²) in [5, 5.41) is 11.6. The number of nitro groups is 1. The van der Waals surface area contributed by atoms with Gasteiger partial charge in [0.25, 0.3) is 5.54 Å². The van der Waals surface area contributed by atoms with Crippen molar-refractivity contribution in [2.75, 3.05) is 13.2 Å². The molecule has 0 atom stereocenters. The van der Waals surface area contributed by atoms with Crippen molar-refractivity contribution in [2.45, 2.75) is 89.9 Å². The van der Waals surface area contributed by atoms with Crippen LogP contribution in [0.15, 0.2) is 24.3 Å². The van der Waals surface area contributed by atoms with Gasteiger partial charge in [-0.15, -0.1) is 0 Å². The predicted molar refractivity (Wildman–Crippen MR) is 108 cm³/mol. The van der Waals surface area contributed by atoms with E-state index >= 15 is 0 Å². The largest absolute Gasteiger partial charge is 0.343 e. The number of ether oxygens (including phenoxy) is 2. The zero-order valence-electron chi connectivity index (χ0n) is 17.2. The predicted octanol–water partition coefficient (Wildman–Crippen LogP) is 5.32. The van der Waals surface area contributed by atoms with Crippen LogP contribution in [-0.4, -0.2) is 29.5 Å². The lowest BCUT2D eigenvalue weighted by Gasteiger charge is -2.37. The molecule has 5 heteroatoms. The maximum absolute atomic E-state index is 11.6. The van der Waals surface area contributed by atoms with E-state index in [2.05, 4.69) is 31.2 Å². The Morgan fingerprint density at radius 2 is 1.44 bits per heavy atom. The number of benzene rings is 1. The summed E-state index contributed by atoms with van der Waals surface area (Å²) in [6, 6.07) is 8.54. The molecule has 1 aliphatic heterocycles. The van der Waals surface area contributed by atoms with Gasteiger partial charge in [0.2, 0.25) is 0 Å². The van der Waals surface area contributed by atoms with Crippen LogP contribution in [0.5, 0.6) is 0 Å². The molecule has 0 saturated carbocycles. The van der Waals surface area contributed by atoms with Gasteiger partial charge in [0.15, 0.2) is 5.79 Å². The Morgan fingerprint density at radius 3 is 2.00 bits per heavy atom. The van der Waals surface area contributed by atoms with Crippen LogP contribution in [0, 0.1) is 10.1 Å². The summed E-state index contributed by atoms with van der Waals surface area (Å²) in [6.45, 7) is 6.02. The number of hydrogen-bond donors (Lipinski definition) is 0. The van der Waals surface area contributed by atoms with E-state index in [1.165, 1.54) is 44.1 Å². The summed E-state index contributed by atoms with van der Waals surface area (Å²) >= 11 is 0. The monoisotopic (exact) mass is 377 g/mol. The van der Waals surface area contributed by atoms with Crippen LogP contribution in [0.25, 0.3) is 0 Å². The highest BCUT2D eigenvalue weighted by molar-refractivity contribution is 5.23. The Balaban J connectivity index is 1.79. The van der Waals surface area contributed by atoms with E-state index in [1.54, 1.807) is 13.8 Å². The Labute approximate surface area is 163 Å². The molecule has 0 aliphatic carbocycles.